The van der Waals surface area contributed by atoms with Gasteiger partial charge in [0.1, 0.15) is 5.41 Å². The van der Waals surface area contributed by atoms with E-state index < -0.39 is 35.1 Å². The fourth-order valence-electron chi connectivity index (χ4n) is 3.35. The highest BCUT2D eigenvalue weighted by Gasteiger charge is 2.49. The van der Waals surface area contributed by atoms with Crippen LogP contribution < -0.4 is 0 Å². The first-order valence-electron chi connectivity index (χ1n) is 8.85. The number of aliphatic hydroxyl groups is 1. The number of aliphatic carboxylic acids is 1. The average Bonchev–Trinajstić information content (AvgIpc) is 2.59. The molecule has 150 valence electrons. The summed E-state index contributed by atoms with van der Waals surface area (Å²) in [6.07, 6.45) is -4.67. The molecule has 27 heavy (non-hydrogen) atoms. The fraction of sp³-hybridized carbons (Fsp3) is 0.579. The highest BCUT2D eigenvalue weighted by Crippen LogP contribution is 2.37. The van der Waals surface area contributed by atoms with E-state index >= 15 is 0 Å². The molecular formula is C19H24F3NO4. The SMILES string of the molecule is CC(C)CC[C@@]1(C(=O)O)CN(C(=O)c2ccc(C(F)(F)F)cc2)CC[C@H]1O. The normalized spacial score (nSPS) is 23.5. The number of carbonyl (C=O) groups is 2. The van der Waals surface area contributed by atoms with Crippen molar-refractivity contribution in [2.75, 3.05) is 13.1 Å². The van der Waals surface area contributed by atoms with Crippen molar-refractivity contribution in [3.05, 3.63) is 35.4 Å². The number of rotatable bonds is 5. The standard InChI is InChI=1S/C19H24F3NO4/c1-12(2)7-9-18(17(26)27)11-23(10-8-15(18)24)16(25)13-3-5-14(6-4-13)19(20,21)22/h3-6,12,15,24H,7-11H2,1-2H3,(H,26,27)/t15-,18-/m1/s1. The number of carboxylic acids is 1. The van der Waals surface area contributed by atoms with E-state index in [-0.39, 0.29) is 37.4 Å². The first kappa shape index (κ1) is 21.2. The van der Waals surface area contributed by atoms with Gasteiger partial charge in [0.15, 0.2) is 0 Å². The Labute approximate surface area is 155 Å². The van der Waals surface area contributed by atoms with Crippen LogP contribution in [0.15, 0.2) is 24.3 Å². The monoisotopic (exact) mass is 387 g/mol. The van der Waals surface area contributed by atoms with Crippen molar-refractivity contribution in [1.82, 2.24) is 4.90 Å². The number of alkyl halides is 3. The van der Waals surface area contributed by atoms with Gasteiger partial charge in [0.05, 0.1) is 11.7 Å². The minimum Gasteiger partial charge on any atom is -0.481 e. The molecule has 2 atom stereocenters. The van der Waals surface area contributed by atoms with Crippen LogP contribution in [0.4, 0.5) is 13.2 Å². The first-order valence-corrected chi connectivity index (χ1v) is 8.85. The van der Waals surface area contributed by atoms with Crippen LogP contribution in [-0.4, -0.2) is 46.2 Å². The lowest BCUT2D eigenvalue weighted by molar-refractivity contribution is -0.163. The topological polar surface area (TPSA) is 77.8 Å². The molecule has 0 spiro atoms. The third-order valence-electron chi connectivity index (χ3n) is 5.12. The summed E-state index contributed by atoms with van der Waals surface area (Å²) in [6, 6.07) is 3.84. The Kier molecular flexibility index (Phi) is 6.19. The molecule has 0 aromatic heterocycles. The van der Waals surface area contributed by atoms with E-state index in [4.69, 9.17) is 0 Å². The molecule has 0 saturated carbocycles. The van der Waals surface area contributed by atoms with E-state index in [1.54, 1.807) is 0 Å². The number of benzene rings is 1. The summed E-state index contributed by atoms with van der Waals surface area (Å²) in [4.78, 5) is 25.9. The van der Waals surface area contributed by atoms with Gasteiger partial charge in [0.25, 0.3) is 5.91 Å². The molecular weight excluding hydrogens is 363 g/mol. The zero-order valence-electron chi connectivity index (χ0n) is 15.3. The predicted octanol–water partition coefficient (Wildman–Crippen LogP) is 3.42. The summed E-state index contributed by atoms with van der Waals surface area (Å²) in [7, 11) is 0. The zero-order valence-corrected chi connectivity index (χ0v) is 15.3. The van der Waals surface area contributed by atoms with Crippen LogP contribution in [0.2, 0.25) is 0 Å². The van der Waals surface area contributed by atoms with Crippen LogP contribution >= 0.6 is 0 Å². The van der Waals surface area contributed by atoms with Crippen molar-refractivity contribution in [3.8, 4) is 0 Å². The summed E-state index contributed by atoms with van der Waals surface area (Å²) < 4.78 is 38.0. The molecule has 1 aromatic carbocycles. The summed E-state index contributed by atoms with van der Waals surface area (Å²) in [6.45, 7) is 3.86. The number of aliphatic hydroxyl groups excluding tert-OH is 1. The lowest BCUT2D eigenvalue weighted by Gasteiger charge is -2.43. The molecule has 5 nitrogen and oxygen atoms in total. The summed E-state index contributed by atoms with van der Waals surface area (Å²) >= 11 is 0. The van der Waals surface area contributed by atoms with Crippen LogP contribution in [0.1, 0.15) is 49.0 Å². The van der Waals surface area contributed by atoms with Crippen molar-refractivity contribution in [3.63, 3.8) is 0 Å². The number of hydrogen-bond acceptors (Lipinski definition) is 3. The molecule has 8 heteroatoms. The van der Waals surface area contributed by atoms with Gasteiger partial charge >= 0.3 is 12.1 Å². The third-order valence-corrected chi connectivity index (χ3v) is 5.12. The molecule has 0 radical (unpaired) electrons. The van der Waals surface area contributed by atoms with Gasteiger partial charge in [-0.1, -0.05) is 13.8 Å². The minimum atomic E-state index is -4.49. The summed E-state index contributed by atoms with van der Waals surface area (Å²) in [5, 5.41) is 20.1. The third kappa shape index (κ3) is 4.61. The Hall–Kier alpha value is -2.09. The largest absolute Gasteiger partial charge is 0.481 e. The van der Waals surface area contributed by atoms with Gasteiger partial charge in [0, 0.05) is 18.7 Å². The molecule has 0 unspecified atom stereocenters. The lowest BCUT2D eigenvalue weighted by Crippen LogP contribution is -2.57. The molecule has 1 aliphatic heterocycles. The number of piperidine rings is 1. The molecule has 2 rings (SSSR count). The highest BCUT2D eigenvalue weighted by molar-refractivity contribution is 5.95. The molecule has 2 N–H and O–H groups in total. The fourth-order valence-corrected chi connectivity index (χ4v) is 3.35. The maximum atomic E-state index is 12.7. The first-order chi connectivity index (χ1) is 12.5. The highest BCUT2D eigenvalue weighted by atomic mass is 19.4. The summed E-state index contributed by atoms with van der Waals surface area (Å²) in [5.41, 5.74) is -2.27. The molecule has 0 bridgehead atoms. The van der Waals surface area contributed by atoms with Gasteiger partial charge in [-0.25, -0.2) is 0 Å². The molecule has 0 aliphatic carbocycles. The molecule has 1 aromatic rings. The Morgan fingerprint density at radius 2 is 1.85 bits per heavy atom. The molecule has 1 fully saturated rings. The van der Waals surface area contributed by atoms with E-state index in [1.165, 1.54) is 4.90 Å². The molecule has 1 saturated heterocycles. The van der Waals surface area contributed by atoms with Gasteiger partial charge in [-0.2, -0.15) is 13.2 Å². The average molecular weight is 387 g/mol. The van der Waals surface area contributed by atoms with Crippen LogP contribution in [0.5, 0.6) is 0 Å². The van der Waals surface area contributed by atoms with E-state index in [1.807, 2.05) is 13.8 Å². The maximum absolute atomic E-state index is 12.7. The van der Waals surface area contributed by atoms with Gasteiger partial charge in [-0.15, -0.1) is 0 Å². The van der Waals surface area contributed by atoms with E-state index in [0.29, 0.717) is 6.42 Å². The second kappa shape index (κ2) is 7.88. The molecule has 1 aliphatic rings. The van der Waals surface area contributed by atoms with E-state index in [9.17, 15) is 33.0 Å². The van der Waals surface area contributed by atoms with Crippen LogP contribution in [0, 0.1) is 11.3 Å². The van der Waals surface area contributed by atoms with E-state index in [2.05, 4.69) is 0 Å². The predicted molar refractivity (Wildman–Crippen MR) is 92.1 cm³/mol. The van der Waals surface area contributed by atoms with Crippen LogP contribution in [-0.2, 0) is 11.0 Å². The zero-order chi connectivity index (χ0) is 20.4. The lowest BCUT2D eigenvalue weighted by atomic mass is 9.72. The summed E-state index contributed by atoms with van der Waals surface area (Å²) in [5.74, 6) is -1.47. The van der Waals surface area contributed by atoms with Gasteiger partial charge in [-0.3, -0.25) is 9.59 Å². The smallest absolute Gasteiger partial charge is 0.416 e. The Balaban J connectivity index is 2.22. The van der Waals surface area contributed by atoms with Crippen molar-refractivity contribution in [1.29, 1.82) is 0 Å². The number of hydrogen-bond donors (Lipinski definition) is 2. The number of carboxylic acid groups (broad SMARTS) is 1. The van der Waals surface area contributed by atoms with Crippen molar-refractivity contribution in [2.24, 2.45) is 11.3 Å². The van der Waals surface area contributed by atoms with Crippen molar-refractivity contribution >= 4 is 11.9 Å². The molecule has 1 amide bonds. The second-order valence-electron chi connectivity index (χ2n) is 7.50. The number of halogens is 3. The Morgan fingerprint density at radius 3 is 2.33 bits per heavy atom. The quantitative estimate of drug-likeness (QED) is 0.812. The van der Waals surface area contributed by atoms with Crippen LogP contribution in [0.25, 0.3) is 0 Å². The van der Waals surface area contributed by atoms with Gasteiger partial charge in [-0.05, 0) is 49.4 Å². The number of carbonyl (C=O) groups excluding carboxylic acids is 1. The van der Waals surface area contributed by atoms with Crippen molar-refractivity contribution in [2.45, 2.75) is 45.4 Å². The Bertz CT molecular complexity index is 687. The van der Waals surface area contributed by atoms with Crippen LogP contribution in [0.3, 0.4) is 0 Å². The Morgan fingerprint density at radius 1 is 1.26 bits per heavy atom. The number of amides is 1. The minimum absolute atomic E-state index is 0.0579. The van der Waals surface area contributed by atoms with Gasteiger partial charge < -0.3 is 15.1 Å². The van der Waals surface area contributed by atoms with Crippen molar-refractivity contribution < 1.29 is 33.0 Å². The second-order valence-corrected chi connectivity index (χ2v) is 7.50. The van der Waals surface area contributed by atoms with E-state index in [0.717, 1.165) is 24.3 Å². The maximum Gasteiger partial charge on any atom is 0.416 e. The molecule has 1 heterocycles. The van der Waals surface area contributed by atoms with Gasteiger partial charge in [0.2, 0.25) is 0 Å². The number of likely N-dealkylation sites (tertiary alicyclic amines) is 1. The number of nitrogens with zero attached hydrogens (tertiary/aromatic N) is 1.